The molecule has 0 saturated carbocycles. The number of nitrogens with zero attached hydrogens (tertiary/aromatic N) is 6. The van der Waals surface area contributed by atoms with Gasteiger partial charge in [0.05, 0.1) is 55.6 Å². The Morgan fingerprint density at radius 2 is 0.750 bits per heavy atom. The number of hydrogen-bond acceptors (Lipinski definition) is 4. The first kappa shape index (κ1) is 39.5. The summed E-state index contributed by atoms with van der Waals surface area (Å²) in [6, 6.07) is 70.1. The fourth-order valence-electron chi connectivity index (χ4n) is 11.2. The molecule has 0 fully saturated rings. The number of benzene rings is 9. The third-order valence-corrected chi connectivity index (χ3v) is 14.4. The van der Waals surface area contributed by atoms with E-state index in [0.29, 0.717) is 23.0 Å². The molecular formula is C62H44N6. The summed E-state index contributed by atoms with van der Waals surface area (Å²) in [7, 11) is 0. The summed E-state index contributed by atoms with van der Waals surface area (Å²) >= 11 is 0. The molecule has 6 heteroatoms. The second-order valence-corrected chi connectivity index (χ2v) is 18.7. The smallest absolute Gasteiger partial charge is 0.101 e. The van der Waals surface area contributed by atoms with Crippen molar-refractivity contribution < 1.29 is 0 Å². The number of nitriles is 2. The maximum absolute atomic E-state index is 10.8. The van der Waals surface area contributed by atoms with Crippen LogP contribution in [-0.2, 0) is 0 Å². The molecule has 9 aromatic carbocycles. The van der Waals surface area contributed by atoms with Crippen molar-refractivity contribution in [3.8, 4) is 12.1 Å². The van der Waals surface area contributed by atoms with Crippen LogP contribution >= 0.6 is 0 Å². The molecule has 0 bridgehead atoms. The standard InChI is InChI=1S/C62H44N6/c1-37(2)39-21-25-45(26-22-39)65(43-15-7-5-8-16-43)53-31-29-47-51-33-56-52(34-55(51)67-59-41(35-63)13-11-19-49(59)57(53)61(47)67)48-30-32-54(58-50-20-12-14-42(36-64)60(50)68(56)62(48)58)66(44-17-9-6-10-18-44)46-27-23-40(24-28-46)38(3)4/h5-34,37-38H,1-4H3. The Morgan fingerprint density at radius 1 is 0.368 bits per heavy atom. The van der Waals surface area contributed by atoms with Crippen molar-refractivity contribution in [2.24, 2.45) is 0 Å². The maximum atomic E-state index is 10.8. The molecule has 0 aliphatic carbocycles. The van der Waals surface area contributed by atoms with Gasteiger partial charge in [-0.1, -0.05) is 125 Å². The van der Waals surface area contributed by atoms with E-state index in [4.69, 9.17) is 0 Å². The molecule has 0 unspecified atom stereocenters. The lowest BCUT2D eigenvalue weighted by Crippen LogP contribution is -2.10. The van der Waals surface area contributed by atoms with Gasteiger partial charge in [-0.15, -0.1) is 0 Å². The Bertz CT molecular complexity index is 3930. The molecular weight excluding hydrogens is 829 g/mol. The molecule has 13 rings (SSSR count). The number of fused-ring (bicyclic) bond motifs is 12. The molecule has 4 heterocycles. The zero-order valence-electron chi connectivity index (χ0n) is 38.2. The molecule has 0 spiro atoms. The van der Waals surface area contributed by atoms with Gasteiger partial charge in [-0.25, -0.2) is 0 Å². The van der Waals surface area contributed by atoms with Gasteiger partial charge < -0.3 is 18.6 Å². The Labute approximate surface area is 393 Å². The van der Waals surface area contributed by atoms with E-state index in [1.54, 1.807) is 0 Å². The van der Waals surface area contributed by atoms with Gasteiger partial charge in [0, 0.05) is 65.8 Å². The van der Waals surface area contributed by atoms with Crippen LogP contribution in [0.2, 0.25) is 0 Å². The molecule has 0 aliphatic rings. The zero-order valence-corrected chi connectivity index (χ0v) is 38.2. The van der Waals surface area contributed by atoms with E-state index in [0.717, 1.165) is 110 Å². The molecule has 4 aromatic heterocycles. The molecule has 68 heavy (non-hydrogen) atoms. The van der Waals surface area contributed by atoms with Crippen LogP contribution in [0.25, 0.3) is 76.2 Å². The largest absolute Gasteiger partial charge is 0.310 e. The minimum atomic E-state index is 0.412. The lowest BCUT2D eigenvalue weighted by Gasteiger charge is -2.27. The number of hydrogen-bond donors (Lipinski definition) is 0. The van der Waals surface area contributed by atoms with Gasteiger partial charge in [0.1, 0.15) is 12.1 Å². The van der Waals surface area contributed by atoms with Crippen molar-refractivity contribution in [3.63, 3.8) is 0 Å². The first-order valence-corrected chi connectivity index (χ1v) is 23.4. The lowest BCUT2D eigenvalue weighted by atomic mass is 10.0. The molecule has 0 atom stereocenters. The number of aromatic nitrogens is 2. The Kier molecular flexibility index (Phi) is 8.62. The van der Waals surface area contributed by atoms with Gasteiger partial charge in [0.25, 0.3) is 0 Å². The van der Waals surface area contributed by atoms with Gasteiger partial charge in [-0.2, -0.15) is 10.5 Å². The highest BCUT2D eigenvalue weighted by molar-refractivity contribution is 6.32. The summed E-state index contributed by atoms with van der Waals surface area (Å²) in [4.78, 5) is 4.71. The predicted octanol–water partition coefficient (Wildman–Crippen LogP) is 16.9. The van der Waals surface area contributed by atoms with E-state index in [-0.39, 0.29) is 0 Å². The van der Waals surface area contributed by atoms with E-state index in [9.17, 15) is 10.5 Å². The van der Waals surface area contributed by atoms with Crippen LogP contribution in [-0.4, -0.2) is 8.80 Å². The highest BCUT2D eigenvalue weighted by atomic mass is 15.2. The summed E-state index contributed by atoms with van der Waals surface area (Å²) in [6.07, 6.45) is 0. The summed E-state index contributed by atoms with van der Waals surface area (Å²) in [5.74, 6) is 0.823. The predicted molar refractivity (Wildman–Crippen MR) is 283 cm³/mol. The normalized spacial score (nSPS) is 12.1. The van der Waals surface area contributed by atoms with Crippen LogP contribution < -0.4 is 9.80 Å². The van der Waals surface area contributed by atoms with Crippen molar-refractivity contribution in [2.45, 2.75) is 39.5 Å². The highest BCUT2D eigenvalue weighted by Crippen LogP contribution is 2.52. The Balaban J connectivity index is 1.14. The molecule has 0 aliphatic heterocycles. The van der Waals surface area contributed by atoms with Gasteiger partial charge >= 0.3 is 0 Å². The summed E-state index contributed by atoms with van der Waals surface area (Å²) < 4.78 is 4.69. The molecule has 322 valence electrons. The van der Waals surface area contributed by atoms with E-state index in [1.165, 1.54) is 11.1 Å². The quantitative estimate of drug-likeness (QED) is 0.153. The molecule has 6 nitrogen and oxygen atoms in total. The average molecular weight is 873 g/mol. The van der Waals surface area contributed by atoms with Gasteiger partial charge in [-0.05, 0) is 108 Å². The van der Waals surface area contributed by atoms with E-state index in [2.05, 4.69) is 216 Å². The third-order valence-electron chi connectivity index (χ3n) is 14.4. The first-order chi connectivity index (χ1) is 33.3. The number of anilines is 6. The van der Waals surface area contributed by atoms with E-state index < -0.39 is 0 Å². The molecule has 0 amide bonds. The molecule has 0 N–H and O–H groups in total. The second-order valence-electron chi connectivity index (χ2n) is 18.7. The highest BCUT2D eigenvalue weighted by Gasteiger charge is 2.29. The van der Waals surface area contributed by atoms with E-state index in [1.807, 2.05) is 24.3 Å². The first-order valence-electron chi connectivity index (χ1n) is 23.4. The summed E-state index contributed by atoms with van der Waals surface area (Å²) in [5, 5.41) is 30.3. The van der Waals surface area contributed by atoms with Crippen LogP contribution in [0.1, 0.15) is 61.8 Å². The van der Waals surface area contributed by atoms with Gasteiger partial charge in [0.2, 0.25) is 0 Å². The average Bonchev–Trinajstić information content (AvgIpc) is 4.11. The Morgan fingerprint density at radius 3 is 1.12 bits per heavy atom. The van der Waals surface area contributed by atoms with Crippen molar-refractivity contribution in [2.75, 3.05) is 9.80 Å². The van der Waals surface area contributed by atoms with Crippen molar-refractivity contribution in [3.05, 3.63) is 204 Å². The summed E-state index contributed by atoms with van der Waals surface area (Å²) in [5.41, 5.74) is 16.2. The van der Waals surface area contributed by atoms with Crippen LogP contribution in [0.4, 0.5) is 34.1 Å². The van der Waals surface area contributed by atoms with Gasteiger partial charge in [-0.3, -0.25) is 0 Å². The van der Waals surface area contributed by atoms with E-state index >= 15 is 0 Å². The fraction of sp³-hybridized carbons (Fsp3) is 0.0968. The van der Waals surface area contributed by atoms with Crippen molar-refractivity contribution in [1.82, 2.24) is 8.80 Å². The minimum Gasteiger partial charge on any atom is -0.310 e. The minimum absolute atomic E-state index is 0.412. The number of para-hydroxylation sites is 4. The SMILES string of the molecule is CC(C)c1ccc(N(c2ccccc2)c2ccc3c4cc5c(cc4n4c6c(C#N)cccc6c2c34)c2ccc(N(c3ccccc3)c3ccc(C(C)C)cc3)c3c4cccc(C#N)c4n5c23)cc1. The molecule has 0 saturated heterocycles. The topological polar surface area (TPSA) is 62.9 Å². The van der Waals surface area contributed by atoms with Crippen molar-refractivity contribution >= 4 is 110 Å². The maximum Gasteiger partial charge on any atom is 0.101 e. The Hall–Kier alpha value is -8.84. The van der Waals surface area contributed by atoms with Crippen LogP contribution in [0, 0.1) is 22.7 Å². The van der Waals surface area contributed by atoms with Crippen LogP contribution in [0.5, 0.6) is 0 Å². The van der Waals surface area contributed by atoms with Crippen LogP contribution in [0.15, 0.2) is 182 Å². The van der Waals surface area contributed by atoms with Crippen molar-refractivity contribution in [1.29, 1.82) is 10.5 Å². The fourth-order valence-corrected chi connectivity index (χ4v) is 11.2. The number of rotatable bonds is 8. The summed E-state index contributed by atoms with van der Waals surface area (Å²) in [6.45, 7) is 8.90. The second kappa shape index (κ2) is 14.8. The monoisotopic (exact) mass is 872 g/mol. The lowest BCUT2D eigenvalue weighted by molar-refractivity contribution is 0.866. The van der Waals surface area contributed by atoms with Gasteiger partial charge in [0.15, 0.2) is 0 Å². The zero-order chi connectivity index (χ0) is 45.9. The van der Waals surface area contributed by atoms with Crippen LogP contribution in [0.3, 0.4) is 0 Å². The molecule has 13 aromatic rings. The molecule has 0 radical (unpaired) electrons. The third kappa shape index (κ3) is 5.49.